The Labute approximate surface area is 194 Å². The first kappa shape index (κ1) is 26.2. The zero-order chi connectivity index (χ0) is 21.8. The van der Waals surface area contributed by atoms with E-state index < -0.39 is 7.12 Å². The van der Waals surface area contributed by atoms with Gasteiger partial charge in [0.15, 0.2) is 0 Å². The Balaban J connectivity index is 0.000000238. The number of benzene rings is 2. The van der Waals surface area contributed by atoms with E-state index >= 15 is 0 Å². The number of halogens is 1. The lowest BCUT2D eigenvalue weighted by Gasteiger charge is -2.00. The first-order valence-corrected chi connectivity index (χ1v) is 10.2. The minimum atomic E-state index is -1.34. The van der Waals surface area contributed by atoms with Crippen molar-refractivity contribution in [2.45, 2.75) is 21.3 Å². The first-order chi connectivity index (χ1) is 14.5. The van der Waals surface area contributed by atoms with Crippen LogP contribution in [-0.2, 0) is 0 Å². The summed E-state index contributed by atoms with van der Waals surface area (Å²) in [4.78, 5) is 8.53. The Kier molecular flexibility index (Phi) is 12.1. The Hall–Kier alpha value is -2.80. The molecular weight excluding hydrogens is 451 g/mol. The molecule has 2 N–H and O–H groups in total. The standard InChI is InChI=1S/C12H11N.C6H7BO2.C6H6BrN.CH4/c1-10-6-5-9-12(13-10)11-7-3-2-4-8-11;8-7(9)6-4-2-1-3-5-6;1-5-3-2-4-6(7)8-5;/h2-9H,1H3;1-5,8-9H;2-4H,1H3;1H4. The van der Waals surface area contributed by atoms with Crippen molar-refractivity contribution in [3.05, 3.63) is 113 Å². The van der Waals surface area contributed by atoms with Gasteiger partial charge in [0.25, 0.3) is 0 Å². The molecular formula is C25H28BBrN2O2. The minimum absolute atomic E-state index is 0. The van der Waals surface area contributed by atoms with Crippen LogP contribution in [0.25, 0.3) is 11.3 Å². The highest BCUT2D eigenvalue weighted by molar-refractivity contribution is 9.10. The average Bonchev–Trinajstić information content (AvgIpc) is 2.76. The fourth-order valence-electron chi connectivity index (χ4n) is 2.45. The van der Waals surface area contributed by atoms with Gasteiger partial charge in [0.2, 0.25) is 0 Å². The third-order valence-corrected chi connectivity index (χ3v) is 4.35. The molecule has 6 heteroatoms. The molecule has 0 fully saturated rings. The van der Waals surface area contributed by atoms with Crippen molar-refractivity contribution in [2.24, 2.45) is 0 Å². The van der Waals surface area contributed by atoms with E-state index in [1.165, 1.54) is 5.56 Å². The molecule has 2 aromatic heterocycles. The van der Waals surface area contributed by atoms with Crippen LogP contribution in [0, 0.1) is 13.8 Å². The van der Waals surface area contributed by atoms with E-state index in [0.29, 0.717) is 5.46 Å². The van der Waals surface area contributed by atoms with Crippen molar-refractivity contribution in [3.63, 3.8) is 0 Å². The summed E-state index contributed by atoms with van der Waals surface area (Å²) >= 11 is 3.25. The maximum absolute atomic E-state index is 8.58. The van der Waals surface area contributed by atoms with Gasteiger partial charge in [-0.3, -0.25) is 4.98 Å². The fourth-order valence-corrected chi connectivity index (χ4v) is 2.88. The minimum Gasteiger partial charge on any atom is -0.423 e. The molecule has 31 heavy (non-hydrogen) atoms. The zero-order valence-electron chi connectivity index (χ0n) is 17.0. The van der Waals surface area contributed by atoms with Gasteiger partial charge in [0, 0.05) is 17.0 Å². The Bertz CT molecular complexity index is 999. The van der Waals surface area contributed by atoms with Crippen LogP contribution in [0.2, 0.25) is 0 Å². The normalized spacial score (nSPS) is 9.19. The number of hydrogen-bond acceptors (Lipinski definition) is 4. The Morgan fingerprint density at radius 2 is 1.16 bits per heavy atom. The molecule has 0 spiro atoms. The van der Waals surface area contributed by atoms with Crippen LogP contribution in [0.1, 0.15) is 18.8 Å². The van der Waals surface area contributed by atoms with Crippen molar-refractivity contribution >= 4 is 28.5 Å². The second kappa shape index (κ2) is 14.3. The van der Waals surface area contributed by atoms with Gasteiger partial charge in [0.05, 0.1) is 5.69 Å². The van der Waals surface area contributed by atoms with E-state index in [2.05, 4.69) is 38.0 Å². The molecule has 0 radical (unpaired) electrons. The van der Waals surface area contributed by atoms with Crippen LogP contribution >= 0.6 is 15.9 Å². The highest BCUT2D eigenvalue weighted by Gasteiger charge is 2.07. The van der Waals surface area contributed by atoms with Crippen LogP contribution in [0.4, 0.5) is 0 Å². The summed E-state index contributed by atoms with van der Waals surface area (Å²) in [6.45, 7) is 3.97. The topological polar surface area (TPSA) is 66.2 Å². The lowest BCUT2D eigenvalue weighted by atomic mass is 9.81. The maximum atomic E-state index is 8.58. The molecule has 0 saturated carbocycles. The van der Waals surface area contributed by atoms with Gasteiger partial charge >= 0.3 is 7.12 Å². The summed E-state index contributed by atoms with van der Waals surface area (Å²) in [5.74, 6) is 0. The molecule has 0 aliphatic carbocycles. The number of nitrogens with zero attached hydrogens (tertiary/aromatic N) is 2. The highest BCUT2D eigenvalue weighted by Crippen LogP contribution is 2.15. The molecule has 0 bridgehead atoms. The molecule has 160 valence electrons. The maximum Gasteiger partial charge on any atom is 0.488 e. The van der Waals surface area contributed by atoms with Crippen LogP contribution in [0.3, 0.4) is 0 Å². The van der Waals surface area contributed by atoms with Gasteiger partial charge in [-0.25, -0.2) is 4.98 Å². The Morgan fingerprint density at radius 1 is 0.645 bits per heavy atom. The van der Waals surface area contributed by atoms with Crippen LogP contribution in [-0.4, -0.2) is 27.1 Å². The summed E-state index contributed by atoms with van der Waals surface area (Å²) < 4.78 is 0.900. The predicted octanol–water partition coefficient (Wildman–Crippen LogP) is 5.21. The molecule has 2 heterocycles. The summed E-state index contributed by atoms with van der Waals surface area (Å²) in [5, 5.41) is 17.2. The predicted molar refractivity (Wildman–Crippen MR) is 134 cm³/mol. The SMILES string of the molecule is C.Cc1cccc(-c2ccccc2)n1.Cc1cccc(Br)n1.OB(O)c1ccccc1. The second-order valence-corrected chi connectivity index (χ2v) is 7.23. The van der Waals surface area contributed by atoms with Crippen molar-refractivity contribution in [1.29, 1.82) is 0 Å². The third-order valence-electron chi connectivity index (χ3n) is 3.91. The Morgan fingerprint density at radius 3 is 1.58 bits per heavy atom. The van der Waals surface area contributed by atoms with E-state index in [9.17, 15) is 0 Å². The van der Waals surface area contributed by atoms with Gasteiger partial charge < -0.3 is 10.0 Å². The summed E-state index contributed by atoms with van der Waals surface area (Å²) in [6.07, 6.45) is 0. The molecule has 0 saturated heterocycles. The molecule has 4 nitrogen and oxygen atoms in total. The lowest BCUT2D eigenvalue weighted by Crippen LogP contribution is -2.29. The van der Waals surface area contributed by atoms with E-state index in [1.54, 1.807) is 24.3 Å². The first-order valence-electron chi connectivity index (χ1n) is 9.45. The smallest absolute Gasteiger partial charge is 0.423 e. The monoisotopic (exact) mass is 478 g/mol. The van der Waals surface area contributed by atoms with Crippen LogP contribution in [0.5, 0.6) is 0 Å². The largest absolute Gasteiger partial charge is 0.488 e. The molecule has 2 aromatic carbocycles. The number of aromatic nitrogens is 2. The van der Waals surface area contributed by atoms with Crippen molar-refractivity contribution in [2.75, 3.05) is 0 Å². The van der Waals surface area contributed by atoms with E-state index in [4.69, 9.17) is 10.0 Å². The molecule has 0 amide bonds. The molecule has 0 atom stereocenters. The van der Waals surface area contributed by atoms with Crippen molar-refractivity contribution in [1.82, 2.24) is 9.97 Å². The van der Waals surface area contributed by atoms with Crippen LogP contribution in [0.15, 0.2) is 102 Å². The lowest BCUT2D eigenvalue weighted by molar-refractivity contribution is 0.426. The summed E-state index contributed by atoms with van der Waals surface area (Å²) in [5.41, 5.74) is 4.84. The number of rotatable bonds is 2. The van der Waals surface area contributed by atoms with Gasteiger partial charge in [-0.05, 0) is 59.5 Å². The molecule has 4 rings (SSSR count). The molecule has 0 unspecified atom stereocenters. The van der Waals surface area contributed by atoms with E-state index in [0.717, 1.165) is 21.7 Å². The summed E-state index contributed by atoms with van der Waals surface area (Å²) in [7, 11) is -1.34. The zero-order valence-corrected chi connectivity index (χ0v) is 18.6. The van der Waals surface area contributed by atoms with E-state index in [-0.39, 0.29) is 7.43 Å². The molecule has 4 aromatic rings. The number of pyridine rings is 2. The molecule has 0 aliphatic rings. The van der Waals surface area contributed by atoms with Gasteiger partial charge in [-0.1, -0.05) is 80.2 Å². The second-order valence-electron chi connectivity index (χ2n) is 6.42. The van der Waals surface area contributed by atoms with E-state index in [1.807, 2.05) is 74.5 Å². The van der Waals surface area contributed by atoms with Crippen molar-refractivity contribution < 1.29 is 10.0 Å². The number of aryl methyl sites for hydroxylation is 2. The third kappa shape index (κ3) is 10.2. The van der Waals surface area contributed by atoms with Crippen molar-refractivity contribution in [3.8, 4) is 11.3 Å². The molecule has 0 aliphatic heterocycles. The average molecular weight is 479 g/mol. The summed E-state index contributed by atoms with van der Waals surface area (Å²) in [6, 6.07) is 30.8. The quantitative estimate of drug-likeness (QED) is 0.306. The highest BCUT2D eigenvalue weighted by atomic mass is 79.9. The van der Waals surface area contributed by atoms with Gasteiger partial charge in [-0.15, -0.1) is 0 Å². The number of hydrogen-bond donors (Lipinski definition) is 2. The van der Waals surface area contributed by atoms with Crippen LogP contribution < -0.4 is 5.46 Å². The van der Waals surface area contributed by atoms with Gasteiger partial charge in [-0.2, -0.15) is 0 Å². The fraction of sp³-hybridized carbons (Fsp3) is 0.120. The van der Waals surface area contributed by atoms with Gasteiger partial charge in [0.1, 0.15) is 4.60 Å².